The minimum Gasteiger partial charge on any atom is -0.469 e. The lowest BCUT2D eigenvalue weighted by molar-refractivity contribution is -0.140. The van der Waals surface area contributed by atoms with Gasteiger partial charge in [0, 0.05) is 14.1 Å². The maximum absolute atomic E-state index is 12.0. The van der Waals surface area contributed by atoms with Gasteiger partial charge in [0.25, 0.3) is 0 Å². The number of hydrogen-bond acceptors (Lipinski definition) is 5. The molecule has 0 aliphatic rings. The number of hydrogen-bond donors (Lipinski definition) is 0. The minimum absolute atomic E-state index is 0.246. The zero-order chi connectivity index (χ0) is 13.8. The second-order valence-corrected chi connectivity index (χ2v) is 6.74. The molecule has 2 atom stereocenters. The quantitative estimate of drug-likeness (QED) is 0.645. The number of sulfone groups is 1. The zero-order valence-electron chi connectivity index (χ0n) is 10.8. The van der Waals surface area contributed by atoms with E-state index >= 15 is 0 Å². The number of carbonyl (C=O) groups excluding carboxylic acids is 2. The Balaban J connectivity index is 4.89. The number of carbonyl (C=O) groups is 2. The van der Waals surface area contributed by atoms with Crippen molar-refractivity contribution >= 4 is 21.7 Å². The third kappa shape index (κ3) is 3.99. The highest BCUT2D eigenvalue weighted by atomic mass is 32.2. The first kappa shape index (κ1) is 15.9. The summed E-state index contributed by atoms with van der Waals surface area (Å²) < 4.78 is 28.4. The van der Waals surface area contributed by atoms with Gasteiger partial charge < -0.3 is 9.64 Å². The van der Waals surface area contributed by atoms with Gasteiger partial charge in [0.05, 0.1) is 18.8 Å². The van der Waals surface area contributed by atoms with Crippen LogP contribution in [0.5, 0.6) is 0 Å². The molecule has 0 aliphatic carbocycles. The van der Waals surface area contributed by atoms with Crippen LogP contribution in [0.25, 0.3) is 0 Å². The SMILES string of the molecule is COC(=O)CC(C)S(=O)(=O)C(C)C(=O)N(C)C. The second kappa shape index (κ2) is 6.00. The Morgan fingerprint density at radius 1 is 1.24 bits per heavy atom. The lowest BCUT2D eigenvalue weighted by atomic mass is 10.3. The summed E-state index contributed by atoms with van der Waals surface area (Å²) in [6, 6.07) is 0. The van der Waals surface area contributed by atoms with Crippen molar-refractivity contribution in [3.05, 3.63) is 0 Å². The van der Waals surface area contributed by atoms with Gasteiger partial charge in [0.2, 0.25) is 5.91 Å². The third-order valence-electron chi connectivity index (χ3n) is 2.52. The van der Waals surface area contributed by atoms with Crippen LogP contribution in [0.3, 0.4) is 0 Å². The van der Waals surface area contributed by atoms with Crippen molar-refractivity contribution < 1.29 is 22.7 Å². The van der Waals surface area contributed by atoms with E-state index in [4.69, 9.17) is 0 Å². The van der Waals surface area contributed by atoms with E-state index < -0.39 is 32.2 Å². The molecule has 6 nitrogen and oxygen atoms in total. The van der Waals surface area contributed by atoms with E-state index in [1.807, 2.05) is 0 Å². The van der Waals surface area contributed by atoms with Crippen LogP contribution in [-0.4, -0.2) is 56.9 Å². The van der Waals surface area contributed by atoms with Crippen molar-refractivity contribution in [2.45, 2.75) is 30.8 Å². The van der Waals surface area contributed by atoms with E-state index in [0.717, 1.165) is 0 Å². The molecule has 0 spiro atoms. The Kier molecular flexibility index (Phi) is 5.60. The van der Waals surface area contributed by atoms with Gasteiger partial charge >= 0.3 is 5.97 Å². The summed E-state index contributed by atoms with van der Waals surface area (Å²) in [5.41, 5.74) is 0. The average molecular weight is 265 g/mol. The summed E-state index contributed by atoms with van der Waals surface area (Å²) in [5.74, 6) is -1.10. The lowest BCUT2D eigenvalue weighted by Crippen LogP contribution is -2.41. The summed E-state index contributed by atoms with van der Waals surface area (Å²) in [7, 11) is 0.481. The van der Waals surface area contributed by atoms with Crippen molar-refractivity contribution in [2.75, 3.05) is 21.2 Å². The van der Waals surface area contributed by atoms with Crippen LogP contribution in [0.4, 0.5) is 0 Å². The number of rotatable bonds is 5. The normalized spacial score (nSPS) is 14.9. The summed E-state index contributed by atoms with van der Waals surface area (Å²) >= 11 is 0. The molecular formula is C10H19NO5S. The number of amides is 1. The molecule has 7 heteroatoms. The van der Waals surface area contributed by atoms with Gasteiger partial charge in [-0.25, -0.2) is 8.42 Å². The van der Waals surface area contributed by atoms with Crippen LogP contribution in [0.15, 0.2) is 0 Å². The Hall–Kier alpha value is -1.11. The van der Waals surface area contributed by atoms with Gasteiger partial charge in [-0.2, -0.15) is 0 Å². The van der Waals surface area contributed by atoms with Crippen LogP contribution in [0, 0.1) is 0 Å². The number of methoxy groups -OCH3 is 1. The molecule has 0 heterocycles. The highest BCUT2D eigenvalue weighted by Gasteiger charge is 2.35. The Morgan fingerprint density at radius 3 is 2.06 bits per heavy atom. The molecule has 1 amide bonds. The zero-order valence-corrected chi connectivity index (χ0v) is 11.6. The van der Waals surface area contributed by atoms with E-state index in [0.29, 0.717) is 0 Å². The summed E-state index contributed by atoms with van der Waals surface area (Å²) in [6.45, 7) is 2.72. The van der Waals surface area contributed by atoms with Crippen LogP contribution in [0.2, 0.25) is 0 Å². The molecule has 0 radical (unpaired) electrons. The minimum atomic E-state index is -3.68. The van der Waals surface area contributed by atoms with Crippen LogP contribution >= 0.6 is 0 Å². The van der Waals surface area contributed by atoms with E-state index in [1.54, 1.807) is 0 Å². The van der Waals surface area contributed by atoms with Crippen molar-refractivity contribution in [2.24, 2.45) is 0 Å². The predicted octanol–water partition coefficient (Wildman–Crippen LogP) is -0.170. The Labute approximate surface area is 102 Å². The molecule has 0 rings (SSSR count). The summed E-state index contributed by atoms with van der Waals surface area (Å²) in [6.07, 6.45) is -0.246. The van der Waals surface area contributed by atoms with Crippen molar-refractivity contribution in [3.63, 3.8) is 0 Å². The predicted molar refractivity (Wildman–Crippen MR) is 63.2 cm³/mol. The Bertz CT molecular complexity index is 388. The fraction of sp³-hybridized carbons (Fsp3) is 0.800. The molecule has 100 valence electrons. The van der Waals surface area contributed by atoms with Gasteiger partial charge in [-0.3, -0.25) is 9.59 Å². The maximum atomic E-state index is 12.0. The first-order valence-corrected chi connectivity index (χ1v) is 6.76. The first-order chi connectivity index (χ1) is 7.64. The van der Waals surface area contributed by atoms with Crippen molar-refractivity contribution in [3.8, 4) is 0 Å². The van der Waals surface area contributed by atoms with E-state index in [1.165, 1.54) is 40.0 Å². The summed E-state index contributed by atoms with van der Waals surface area (Å²) in [5, 5.41) is -2.09. The Morgan fingerprint density at radius 2 is 1.71 bits per heavy atom. The second-order valence-electron chi connectivity index (χ2n) is 4.05. The van der Waals surface area contributed by atoms with Crippen molar-refractivity contribution in [1.29, 1.82) is 0 Å². The number of ether oxygens (including phenoxy) is 1. The maximum Gasteiger partial charge on any atom is 0.306 e. The number of esters is 1. The highest BCUT2D eigenvalue weighted by molar-refractivity contribution is 7.93. The first-order valence-electron chi connectivity index (χ1n) is 5.15. The number of nitrogens with zero attached hydrogens (tertiary/aromatic N) is 1. The molecule has 0 saturated heterocycles. The fourth-order valence-electron chi connectivity index (χ4n) is 1.29. The molecule has 0 aromatic heterocycles. The van der Waals surface area contributed by atoms with Gasteiger partial charge in [0.1, 0.15) is 5.25 Å². The van der Waals surface area contributed by atoms with E-state index in [-0.39, 0.29) is 6.42 Å². The topological polar surface area (TPSA) is 80.8 Å². The van der Waals surface area contributed by atoms with Crippen LogP contribution < -0.4 is 0 Å². The molecule has 0 aromatic carbocycles. The van der Waals surface area contributed by atoms with Gasteiger partial charge in [-0.15, -0.1) is 0 Å². The molecule has 0 saturated carbocycles. The third-order valence-corrected chi connectivity index (χ3v) is 5.00. The van der Waals surface area contributed by atoms with Crippen molar-refractivity contribution in [1.82, 2.24) is 4.90 Å². The monoisotopic (exact) mass is 265 g/mol. The molecule has 17 heavy (non-hydrogen) atoms. The molecule has 0 aliphatic heterocycles. The molecule has 0 bridgehead atoms. The van der Waals surface area contributed by atoms with Crippen LogP contribution in [-0.2, 0) is 24.2 Å². The van der Waals surface area contributed by atoms with E-state index in [9.17, 15) is 18.0 Å². The average Bonchev–Trinajstić information content (AvgIpc) is 2.26. The smallest absolute Gasteiger partial charge is 0.306 e. The fourth-order valence-corrected chi connectivity index (χ4v) is 2.84. The molecule has 0 N–H and O–H groups in total. The largest absolute Gasteiger partial charge is 0.469 e. The summed E-state index contributed by atoms with van der Waals surface area (Å²) in [4.78, 5) is 23.8. The van der Waals surface area contributed by atoms with Gasteiger partial charge in [-0.05, 0) is 13.8 Å². The molecule has 0 fully saturated rings. The van der Waals surface area contributed by atoms with Gasteiger partial charge in [0.15, 0.2) is 9.84 Å². The molecular weight excluding hydrogens is 246 g/mol. The highest BCUT2D eigenvalue weighted by Crippen LogP contribution is 2.14. The van der Waals surface area contributed by atoms with Crippen LogP contribution in [0.1, 0.15) is 20.3 Å². The molecule has 0 aromatic rings. The van der Waals surface area contributed by atoms with E-state index in [2.05, 4.69) is 4.74 Å². The molecule has 2 unspecified atom stereocenters. The lowest BCUT2D eigenvalue weighted by Gasteiger charge is -2.20. The van der Waals surface area contributed by atoms with Gasteiger partial charge in [-0.1, -0.05) is 0 Å². The standard InChI is InChI=1S/C10H19NO5S/c1-7(6-9(12)16-5)17(14,15)8(2)10(13)11(3)4/h7-8H,6H2,1-5H3.